The summed E-state index contributed by atoms with van der Waals surface area (Å²) in [6, 6.07) is 0. The summed E-state index contributed by atoms with van der Waals surface area (Å²) in [6.07, 6.45) is 0.772. The summed E-state index contributed by atoms with van der Waals surface area (Å²) in [5.74, 6) is -0.0641. The van der Waals surface area contributed by atoms with Gasteiger partial charge in [-0.1, -0.05) is 34.6 Å². The van der Waals surface area contributed by atoms with Crippen molar-refractivity contribution in [3.63, 3.8) is 0 Å². The number of hydrogen-bond acceptors (Lipinski definition) is 2. The number of ketones is 2. The molecule has 0 aromatic rings. The van der Waals surface area contributed by atoms with Gasteiger partial charge in [-0.05, 0) is 6.42 Å². The zero-order valence-corrected chi connectivity index (χ0v) is 13.4. The van der Waals surface area contributed by atoms with Gasteiger partial charge < -0.3 is 11.7 Å². The fourth-order valence-corrected chi connectivity index (χ4v) is 0.822. The Bertz CT molecular complexity index is 236. The molecule has 0 aliphatic carbocycles. The summed E-state index contributed by atoms with van der Waals surface area (Å²) in [7, 11) is 0. The molecule has 0 amide bonds. The average molecular weight is 286 g/mol. The van der Waals surface area contributed by atoms with Crippen molar-refractivity contribution >= 4 is 11.6 Å². The van der Waals surface area contributed by atoms with Crippen LogP contribution in [0.2, 0.25) is 0 Å². The van der Waals surface area contributed by atoms with Gasteiger partial charge >= 0.3 is 0 Å². The van der Waals surface area contributed by atoms with Gasteiger partial charge in [-0.3, -0.25) is 4.79 Å². The van der Waals surface area contributed by atoms with Gasteiger partial charge in [-0.15, -0.1) is 5.41 Å². The minimum absolute atomic E-state index is 0. The van der Waals surface area contributed by atoms with E-state index in [2.05, 4.69) is 6.92 Å². The smallest absolute Gasteiger partial charge is 0.145 e. The maximum atomic E-state index is 11.7. The molecular formula is C12H21O2Y-. The minimum Gasteiger partial charge on any atom is -0.331 e. The number of carbonyl (C=O) groups excluding carboxylic acids is 2. The predicted molar refractivity (Wildman–Crippen MR) is 57.8 cm³/mol. The van der Waals surface area contributed by atoms with Crippen LogP contribution in [0.25, 0.3) is 0 Å². The molecule has 2 nitrogen and oxygen atoms in total. The minimum atomic E-state index is -0.653. The Morgan fingerprint density at radius 3 is 1.73 bits per heavy atom. The van der Waals surface area contributed by atoms with Gasteiger partial charge in [0, 0.05) is 38.1 Å². The van der Waals surface area contributed by atoms with E-state index in [4.69, 9.17) is 0 Å². The molecule has 1 radical (unpaired) electrons. The Morgan fingerprint density at radius 2 is 1.47 bits per heavy atom. The summed E-state index contributed by atoms with van der Waals surface area (Å²) in [6.45, 7) is 12.9. The van der Waals surface area contributed by atoms with Crippen molar-refractivity contribution < 1.29 is 42.3 Å². The fourth-order valence-electron chi connectivity index (χ4n) is 0.822. The van der Waals surface area contributed by atoms with Gasteiger partial charge in [0.2, 0.25) is 0 Å². The second-order valence-electron chi connectivity index (χ2n) is 5.14. The van der Waals surface area contributed by atoms with E-state index >= 15 is 0 Å². The zero-order valence-electron chi connectivity index (χ0n) is 10.5. The van der Waals surface area contributed by atoms with Crippen LogP contribution in [0.1, 0.15) is 47.5 Å². The van der Waals surface area contributed by atoms with Gasteiger partial charge in [-0.2, -0.15) is 0 Å². The van der Waals surface area contributed by atoms with Crippen molar-refractivity contribution in [2.75, 3.05) is 0 Å². The van der Waals surface area contributed by atoms with Crippen molar-refractivity contribution in [3.8, 4) is 0 Å². The van der Waals surface area contributed by atoms with Crippen LogP contribution in [0.15, 0.2) is 0 Å². The number of rotatable bonds is 5. The predicted octanol–water partition coefficient (Wildman–Crippen LogP) is 2.81. The molecule has 0 aromatic heterocycles. The van der Waals surface area contributed by atoms with Crippen molar-refractivity contribution in [2.45, 2.75) is 47.5 Å². The SMILES string of the molecule is [CH2-]C(C)(C)C(=O)CC(=O)C(C)(C)CC.[Y]. The van der Waals surface area contributed by atoms with Crippen molar-refractivity contribution in [3.05, 3.63) is 6.92 Å². The summed E-state index contributed by atoms with van der Waals surface area (Å²) in [5, 5.41) is 0. The van der Waals surface area contributed by atoms with Crippen LogP contribution in [-0.4, -0.2) is 11.6 Å². The monoisotopic (exact) mass is 286 g/mol. The van der Waals surface area contributed by atoms with E-state index in [0.717, 1.165) is 6.42 Å². The molecule has 0 N–H and O–H groups in total. The molecule has 0 heterocycles. The zero-order chi connectivity index (χ0) is 11.6. The molecule has 3 heteroatoms. The molecule has 0 spiro atoms. The van der Waals surface area contributed by atoms with Crippen molar-refractivity contribution in [1.29, 1.82) is 0 Å². The van der Waals surface area contributed by atoms with Crippen LogP contribution < -0.4 is 0 Å². The molecular weight excluding hydrogens is 265 g/mol. The van der Waals surface area contributed by atoms with Crippen LogP contribution in [0.4, 0.5) is 0 Å². The van der Waals surface area contributed by atoms with E-state index in [9.17, 15) is 9.59 Å². The first-order valence-electron chi connectivity index (χ1n) is 5.03. The normalized spacial score (nSPS) is 11.9. The van der Waals surface area contributed by atoms with Gasteiger partial charge in [0.15, 0.2) is 0 Å². The molecule has 0 rings (SSSR count). The molecule has 0 fully saturated rings. The topological polar surface area (TPSA) is 34.1 Å². The fraction of sp³-hybridized carbons (Fsp3) is 0.750. The van der Waals surface area contributed by atoms with Crippen LogP contribution in [0.5, 0.6) is 0 Å². The number of Topliss-reactive ketones (excluding diaryl/α,β-unsaturated/α-hetero) is 2. The van der Waals surface area contributed by atoms with Gasteiger partial charge in [0.1, 0.15) is 11.6 Å². The Balaban J connectivity index is 0. The number of hydrogen-bond donors (Lipinski definition) is 0. The van der Waals surface area contributed by atoms with Gasteiger partial charge in [-0.25, -0.2) is 0 Å². The van der Waals surface area contributed by atoms with E-state index in [1.807, 2.05) is 20.8 Å². The van der Waals surface area contributed by atoms with Crippen molar-refractivity contribution in [2.24, 2.45) is 10.8 Å². The summed E-state index contributed by atoms with van der Waals surface area (Å²) in [5.41, 5.74) is -1.04. The maximum absolute atomic E-state index is 11.7. The Hall–Kier alpha value is 0.444. The van der Waals surface area contributed by atoms with E-state index in [1.54, 1.807) is 13.8 Å². The van der Waals surface area contributed by atoms with Gasteiger partial charge in [0.05, 0.1) is 6.42 Å². The van der Waals surface area contributed by atoms with E-state index in [1.165, 1.54) is 0 Å². The summed E-state index contributed by atoms with van der Waals surface area (Å²) >= 11 is 0. The molecule has 0 aliphatic heterocycles. The third-order valence-corrected chi connectivity index (χ3v) is 2.71. The molecule has 15 heavy (non-hydrogen) atoms. The first kappa shape index (κ1) is 17.8. The Kier molecular flexibility index (Phi) is 7.42. The van der Waals surface area contributed by atoms with Crippen LogP contribution in [0, 0.1) is 17.8 Å². The van der Waals surface area contributed by atoms with E-state index in [0.29, 0.717) is 0 Å². The molecule has 0 unspecified atom stereocenters. The second kappa shape index (κ2) is 6.25. The molecule has 0 atom stereocenters. The van der Waals surface area contributed by atoms with Crippen LogP contribution in [-0.2, 0) is 42.3 Å². The van der Waals surface area contributed by atoms with Crippen LogP contribution in [0.3, 0.4) is 0 Å². The third kappa shape index (κ3) is 5.92. The quantitative estimate of drug-likeness (QED) is 0.575. The van der Waals surface area contributed by atoms with Crippen molar-refractivity contribution in [1.82, 2.24) is 0 Å². The third-order valence-electron chi connectivity index (χ3n) is 2.71. The van der Waals surface area contributed by atoms with Crippen LogP contribution >= 0.6 is 0 Å². The first-order valence-corrected chi connectivity index (χ1v) is 5.03. The second-order valence-corrected chi connectivity index (χ2v) is 5.14. The average Bonchev–Trinajstić information content (AvgIpc) is 2.02. The molecule has 0 aromatic carbocycles. The first-order chi connectivity index (χ1) is 6.11. The molecule has 0 bridgehead atoms. The maximum Gasteiger partial charge on any atom is 0.145 e. The molecule has 0 aliphatic rings. The summed E-state index contributed by atoms with van der Waals surface area (Å²) in [4.78, 5) is 23.3. The Morgan fingerprint density at radius 1 is 1.07 bits per heavy atom. The Labute approximate surface area is 118 Å². The largest absolute Gasteiger partial charge is 0.331 e. The van der Waals surface area contributed by atoms with E-state index in [-0.39, 0.29) is 56.1 Å². The number of carbonyl (C=O) groups is 2. The molecule has 85 valence electrons. The standard InChI is InChI=1S/C12H21O2.Y/c1-7-12(5,6)10(14)8-9(13)11(2,3)4;/h2,7-8H2,1,3-6H3;/q-1;. The molecule has 0 saturated heterocycles. The van der Waals surface area contributed by atoms with E-state index < -0.39 is 5.41 Å². The van der Waals surface area contributed by atoms with Gasteiger partial charge in [0.25, 0.3) is 0 Å². The summed E-state index contributed by atoms with van der Waals surface area (Å²) < 4.78 is 0. The molecule has 0 saturated carbocycles.